The summed E-state index contributed by atoms with van der Waals surface area (Å²) in [6.45, 7) is 11.2. The smallest absolute Gasteiger partial charge is 0.0784 e. The molecule has 0 bridgehead atoms. The fourth-order valence-corrected chi connectivity index (χ4v) is 3.63. The predicted molar refractivity (Wildman–Crippen MR) is 107 cm³/mol. The number of hydrogen-bond acceptors (Lipinski definition) is 0. The molecule has 0 heterocycles. The number of rotatable bonds is 18. The molecule has 0 aliphatic heterocycles. The molecule has 0 fully saturated rings. The summed E-state index contributed by atoms with van der Waals surface area (Å²) in [5, 5.41) is 0. The van der Waals surface area contributed by atoms with Crippen LogP contribution in [0.25, 0.3) is 0 Å². The van der Waals surface area contributed by atoms with E-state index in [4.69, 9.17) is 0 Å². The summed E-state index contributed by atoms with van der Waals surface area (Å²) < 4.78 is 1.35. The number of hydrogen-bond donors (Lipinski definition) is 0. The topological polar surface area (TPSA) is 0 Å². The summed E-state index contributed by atoms with van der Waals surface area (Å²) in [4.78, 5) is 0. The van der Waals surface area contributed by atoms with Gasteiger partial charge in [-0.3, -0.25) is 0 Å². The maximum absolute atomic E-state index is 2.54. The van der Waals surface area contributed by atoms with Crippen molar-refractivity contribution >= 4 is 0 Å². The standard InChI is InChI=1S/C22H48N.BrH/c1-5-8-11-14-17-20-23(4,21-18-15-12-9-6-2)22-19-16-13-10-7-3;/h5-22H2,1-4H3;1H/q+1;/p-1. The van der Waals surface area contributed by atoms with Crippen LogP contribution >= 0.6 is 0 Å². The number of unbranched alkanes of at least 4 members (excludes halogenated alkanes) is 12. The second-order valence-corrected chi connectivity index (χ2v) is 8.03. The van der Waals surface area contributed by atoms with Crippen LogP contribution in [-0.2, 0) is 0 Å². The third kappa shape index (κ3) is 17.3. The highest BCUT2D eigenvalue weighted by molar-refractivity contribution is 4.50. The second-order valence-electron chi connectivity index (χ2n) is 8.03. The summed E-state index contributed by atoms with van der Waals surface area (Å²) in [7, 11) is 2.54. The predicted octanol–water partition coefficient (Wildman–Crippen LogP) is 4.35. The van der Waals surface area contributed by atoms with Crippen LogP contribution in [0.15, 0.2) is 0 Å². The summed E-state index contributed by atoms with van der Waals surface area (Å²) in [6, 6.07) is 0. The van der Waals surface area contributed by atoms with Crippen molar-refractivity contribution in [3.05, 3.63) is 0 Å². The average Bonchev–Trinajstić information content (AvgIpc) is 2.54. The third-order valence-electron chi connectivity index (χ3n) is 5.40. The van der Waals surface area contributed by atoms with E-state index in [2.05, 4.69) is 27.8 Å². The first-order valence-electron chi connectivity index (χ1n) is 11.0. The first kappa shape index (κ1) is 26.7. The molecule has 0 rings (SSSR count). The molecule has 0 radical (unpaired) electrons. The van der Waals surface area contributed by atoms with Crippen LogP contribution in [-0.4, -0.2) is 31.2 Å². The lowest BCUT2D eigenvalue weighted by Crippen LogP contribution is -3.00. The van der Waals surface area contributed by atoms with Gasteiger partial charge < -0.3 is 21.5 Å². The SMILES string of the molecule is CCCCCCC[N+](C)(CCCCCCC)CCCCCCC.[Br-]. The zero-order valence-corrected chi connectivity index (χ0v) is 19.1. The second kappa shape index (κ2) is 19.8. The van der Waals surface area contributed by atoms with E-state index in [1.54, 1.807) is 0 Å². The van der Waals surface area contributed by atoms with Crippen molar-refractivity contribution < 1.29 is 21.5 Å². The molecule has 0 spiro atoms. The van der Waals surface area contributed by atoms with Crippen molar-refractivity contribution in [2.75, 3.05) is 26.7 Å². The first-order chi connectivity index (χ1) is 11.2. The fraction of sp³-hybridized carbons (Fsp3) is 1.00. The van der Waals surface area contributed by atoms with Gasteiger partial charge in [0.15, 0.2) is 0 Å². The zero-order chi connectivity index (χ0) is 17.2. The molecule has 0 aromatic carbocycles. The Labute approximate surface area is 165 Å². The maximum Gasteiger partial charge on any atom is 0.0784 e. The number of nitrogens with zero attached hydrogens (tertiary/aromatic N) is 1. The van der Waals surface area contributed by atoms with Gasteiger partial charge in [0.2, 0.25) is 0 Å². The molecule has 24 heavy (non-hydrogen) atoms. The lowest BCUT2D eigenvalue weighted by atomic mass is 10.1. The van der Waals surface area contributed by atoms with Gasteiger partial charge in [-0.15, -0.1) is 0 Å². The summed E-state index contributed by atoms with van der Waals surface area (Å²) in [5.41, 5.74) is 0. The van der Waals surface area contributed by atoms with Crippen molar-refractivity contribution in [1.82, 2.24) is 0 Å². The zero-order valence-electron chi connectivity index (χ0n) is 17.6. The average molecular weight is 407 g/mol. The van der Waals surface area contributed by atoms with E-state index in [9.17, 15) is 0 Å². The Morgan fingerprint density at radius 3 is 0.917 bits per heavy atom. The lowest BCUT2D eigenvalue weighted by Gasteiger charge is -2.35. The van der Waals surface area contributed by atoms with Crippen LogP contribution in [0.2, 0.25) is 0 Å². The van der Waals surface area contributed by atoms with E-state index in [0.29, 0.717) is 0 Å². The van der Waals surface area contributed by atoms with Crippen LogP contribution in [0.1, 0.15) is 117 Å². The lowest BCUT2D eigenvalue weighted by molar-refractivity contribution is -0.910. The summed E-state index contributed by atoms with van der Waals surface area (Å²) in [5.74, 6) is 0. The minimum atomic E-state index is 0. The maximum atomic E-state index is 2.54. The highest BCUT2D eigenvalue weighted by Crippen LogP contribution is 2.15. The molecule has 2 heteroatoms. The van der Waals surface area contributed by atoms with Crippen molar-refractivity contribution in [1.29, 1.82) is 0 Å². The normalized spacial score (nSPS) is 11.5. The minimum Gasteiger partial charge on any atom is -1.00 e. The minimum absolute atomic E-state index is 0. The van der Waals surface area contributed by atoms with E-state index in [-0.39, 0.29) is 17.0 Å². The molecule has 0 amide bonds. The molecule has 0 aromatic heterocycles. The van der Waals surface area contributed by atoms with E-state index < -0.39 is 0 Å². The van der Waals surface area contributed by atoms with Crippen LogP contribution in [0, 0.1) is 0 Å². The molecule has 0 saturated carbocycles. The molecule has 0 saturated heterocycles. The molecule has 0 unspecified atom stereocenters. The van der Waals surface area contributed by atoms with E-state index in [1.165, 1.54) is 120 Å². The van der Waals surface area contributed by atoms with Gasteiger partial charge in [0, 0.05) is 0 Å². The number of halogens is 1. The van der Waals surface area contributed by atoms with E-state index >= 15 is 0 Å². The molecule has 0 aliphatic carbocycles. The van der Waals surface area contributed by atoms with Gasteiger partial charge in [0.05, 0.1) is 26.7 Å². The van der Waals surface area contributed by atoms with Gasteiger partial charge >= 0.3 is 0 Å². The number of quaternary nitrogens is 1. The summed E-state index contributed by atoms with van der Waals surface area (Å²) in [6.07, 6.45) is 21.4. The van der Waals surface area contributed by atoms with Gasteiger partial charge in [0.25, 0.3) is 0 Å². The molecule has 0 atom stereocenters. The Kier molecular flexibility index (Phi) is 22.0. The van der Waals surface area contributed by atoms with Crippen molar-refractivity contribution in [3.63, 3.8) is 0 Å². The fourth-order valence-electron chi connectivity index (χ4n) is 3.63. The Morgan fingerprint density at radius 2 is 0.667 bits per heavy atom. The highest BCUT2D eigenvalue weighted by atomic mass is 79.9. The molecule has 1 nitrogen and oxygen atoms in total. The molecule has 0 aliphatic rings. The molecular formula is C22H48BrN. The van der Waals surface area contributed by atoms with Crippen LogP contribution in [0.5, 0.6) is 0 Å². The van der Waals surface area contributed by atoms with Crippen LogP contribution in [0.3, 0.4) is 0 Å². The van der Waals surface area contributed by atoms with Gasteiger partial charge in [0.1, 0.15) is 0 Å². The van der Waals surface area contributed by atoms with Crippen molar-refractivity contribution in [2.45, 2.75) is 117 Å². The van der Waals surface area contributed by atoms with Gasteiger partial charge in [-0.05, 0) is 38.5 Å². The molecular weight excluding hydrogens is 358 g/mol. The summed E-state index contributed by atoms with van der Waals surface area (Å²) >= 11 is 0. The Morgan fingerprint density at radius 1 is 0.417 bits per heavy atom. The monoisotopic (exact) mass is 405 g/mol. The van der Waals surface area contributed by atoms with Crippen molar-refractivity contribution in [3.8, 4) is 0 Å². The van der Waals surface area contributed by atoms with Gasteiger partial charge in [-0.25, -0.2) is 0 Å². The molecule has 0 aromatic rings. The highest BCUT2D eigenvalue weighted by Gasteiger charge is 2.19. The quantitative estimate of drug-likeness (QED) is 0.235. The Bertz CT molecular complexity index is 194. The first-order valence-corrected chi connectivity index (χ1v) is 11.0. The van der Waals surface area contributed by atoms with E-state index in [1.807, 2.05) is 0 Å². The largest absolute Gasteiger partial charge is 1.00 e. The van der Waals surface area contributed by atoms with E-state index in [0.717, 1.165) is 0 Å². The van der Waals surface area contributed by atoms with Crippen LogP contribution < -0.4 is 17.0 Å². The van der Waals surface area contributed by atoms with Gasteiger partial charge in [-0.1, -0.05) is 78.6 Å². The third-order valence-corrected chi connectivity index (χ3v) is 5.40. The van der Waals surface area contributed by atoms with Crippen LogP contribution in [0.4, 0.5) is 0 Å². The Hall–Kier alpha value is 0.440. The molecule has 148 valence electrons. The van der Waals surface area contributed by atoms with Gasteiger partial charge in [-0.2, -0.15) is 0 Å². The molecule has 0 N–H and O–H groups in total. The Balaban J connectivity index is 0. The van der Waals surface area contributed by atoms with Crippen molar-refractivity contribution in [2.24, 2.45) is 0 Å².